The zero-order valence-electron chi connectivity index (χ0n) is 14.6. The summed E-state index contributed by atoms with van der Waals surface area (Å²) >= 11 is 8.95. The summed E-state index contributed by atoms with van der Waals surface area (Å²) in [6.07, 6.45) is 2.67. The highest BCUT2D eigenvalue weighted by Crippen LogP contribution is 2.29. The molecular formula is C16H19ClN4O3S3. The van der Waals surface area contributed by atoms with E-state index in [1.165, 1.54) is 45.6 Å². The lowest BCUT2D eigenvalue weighted by Gasteiger charge is -2.26. The lowest BCUT2D eigenvalue weighted by Crippen LogP contribution is -2.35. The molecule has 0 spiro atoms. The van der Waals surface area contributed by atoms with Gasteiger partial charge in [0.05, 0.1) is 5.02 Å². The predicted octanol–water partition coefficient (Wildman–Crippen LogP) is 3.73. The van der Waals surface area contributed by atoms with Crippen LogP contribution in [0.1, 0.15) is 36.5 Å². The van der Waals surface area contributed by atoms with Crippen molar-refractivity contribution in [1.29, 1.82) is 0 Å². The maximum Gasteiger partial charge on any atom is 0.257 e. The molecule has 1 aromatic carbocycles. The zero-order chi connectivity index (χ0) is 19.4. The number of hydrogen-bond acceptors (Lipinski definition) is 7. The van der Waals surface area contributed by atoms with Crippen molar-refractivity contribution < 1.29 is 13.2 Å². The fourth-order valence-corrected chi connectivity index (χ4v) is 6.36. The Labute approximate surface area is 171 Å². The van der Waals surface area contributed by atoms with Crippen LogP contribution in [0.5, 0.6) is 0 Å². The minimum Gasteiger partial charge on any atom is -0.296 e. The number of piperidine rings is 1. The second kappa shape index (κ2) is 8.87. The third kappa shape index (κ3) is 4.80. The molecule has 0 bridgehead atoms. The quantitative estimate of drug-likeness (QED) is 0.536. The summed E-state index contributed by atoms with van der Waals surface area (Å²) < 4.78 is 28.0. The van der Waals surface area contributed by atoms with Crippen molar-refractivity contribution in [2.24, 2.45) is 0 Å². The Balaban J connectivity index is 1.82. The van der Waals surface area contributed by atoms with Crippen molar-refractivity contribution in [2.45, 2.75) is 35.4 Å². The molecule has 1 aromatic heterocycles. The van der Waals surface area contributed by atoms with Crippen LogP contribution >= 0.6 is 34.7 Å². The molecule has 1 N–H and O–H groups in total. The van der Waals surface area contributed by atoms with Crippen molar-refractivity contribution in [1.82, 2.24) is 14.5 Å². The van der Waals surface area contributed by atoms with Crippen LogP contribution in [0, 0.1) is 0 Å². The number of anilines is 1. The average Bonchev–Trinajstić information content (AvgIpc) is 3.10. The van der Waals surface area contributed by atoms with Crippen molar-refractivity contribution in [3.8, 4) is 0 Å². The normalized spacial score (nSPS) is 15.6. The highest BCUT2D eigenvalue weighted by atomic mass is 35.5. The van der Waals surface area contributed by atoms with E-state index in [0.29, 0.717) is 18.2 Å². The van der Waals surface area contributed by atoms with Crippen molar-refractivity contribution in [3.05, 3.63) is 28.8 Å². The summed E-state index contributed by atoms with van der Waals surface area (Å²) in [5.74, 6) is 0.406. The van der Waals surface area contributed by atoms with Crippen LogP contribution in [0.25, 0.3) is 0 Å². The van der Waals surface area contributed by atoms with E-state index in [1.54, 1.807) is 0 Å². The summed E-state index contributed by atoms with van der Waals surface area (Å²) in [5.41, 5.74) is 0.204. The third-order valence-corrected chi connectivity index (χ3v) is 8.26. The number of thioether (sulfide) groups is 1. The van der Waals surface area contributed by atoms with Gasteiger partial charge in [-0.25, -0.2) is 8.42 Å². The van der Waals surface area contributed by atoms with Crippen molar-refractivity contribution in [3.63, 3.8) is 0 Å². The van der Waals surface area contributed by atoms with Gasteiger partial charge in [-0.15, -0.1) is 10.2 Å². The van der Waals surface area contributed by atoms with Gasteiger partial charge in [-0.2, -0.15) is 4.31 Å². The molecule has 0 saturated carbocycles. The molecule has 2 heterocycles. The summed E-state index contributed by atoms with van der Waals surface area (Å²) in [4.78, 5) is 12.5. The molecule has 0 radical (unpaired) electrons. The molecule has 3 rings (SSSR count). The van der Waals surface area contributed by atoms with Crippen LogP contribution in [-0.2, 0) is 10.0 Å². The molecule has 0 aliphatic carbocycles. The smallest absolute Gasteiger partial charge is 0.257 e. The zero-order valence-corrected chi connectivity index (χ0v) is 17.8. The van der Waals surface area contributed by atoms with Gasteiger partial charge in [0.15, 0.2) is 4.34 Å². The number of amides is 1. The Hall–Kier alpha value is -1.20. The van der Waals surface area contributed by atoms with Gasteiger partial charge in [-0.1, -0.05) is 48.0 Å². The van der Waals surface area contributed by atoms with Gasteiger partial charge in [0, 0.05) is 18.7 Å². The maximum atomic E-state index is 12.9. The standard InChI is InChI=1S/C16H19ClN4O3S3/c1-2-25-16-20-19-15(26-16)18-14(22)11-6-7-12(17)13(10-11)27(23,24)21-8-4-3-5-9-21/h6-7,10H,2-5,8-9H2,1H3,(H,18,19,22). The molecule has 0 atom stereocenters. The summed E-state index contributed by atoms with van der Waals surface area (Å²) in [6.45, 7) is 2.94. The van der Waals surface area contributed by atoms with Crippen LogP contribution in [0.15, 0.2) is 27.4 Å². The van der Waals surface area contributed by atoms with Gasteiger partial charge >= 0.3 is 0 Å². The van der Waals surface area contributed by atoms with E-state index in [2.05, 4.69) is 15.5 Å². The van der Waals surface area contributed by atoms with Gasteiger partial charge in [-0.3, -0.25) is 10.1 Å². The van der Waals surface area contributed by atoms with E-state index < -0.39 is 15.9 Å². The Morgan fingerprint density at radius 2 is 2.04 bits per heavy atom. The lowest BCUT2D eigenvalue weighted by molar-refractivity contribution is 0.102. The minimum absolute atomic E-state index is 0.0433. The van der Waals surface area contributed by atoms with E-state index in [4.69, 9.17) is 11.6 Å². The second-order valence-electron chi connectivity index (χ2n) is 5.87. The van der Waals surface area contributed by atoms with Crippen LogP contribution in [0.3, 0.4) is 0 Å². The largest absolute Gasteiger partial charge is 0.296 e. The SMILES string of the molecule is CCSc1nnc(NC(=O)c2ccc(Cl)c(S(=O)(=O)N3CCCCC3)c2)s1. The van der Waals surface area contributed by atoms with Gasteiger partial charge in [0.2, 0.25) is 15.2 Å². The van der Waals surface area contributed by atoms with Crippen molar-refractivity contribution in [2.75, 3.05) is 24.2 Å². The number of aromatic nitrogens is 2. The first-order chi connectivity index (χ1) is 12.9. The third-order valence-electron chi connectivity index (χ3n) is 4.02. The van der Waals surface area contributed by atoms with Crippen LogP contribution < -0.4 is 5.32 Å². The number of rotatable bonds is 6. The average molecular weight is 447 g/mol. The molecule has 7 nitrogen and oxygen atoms in total. The van der Waals surface area contributed by atoms with Crippen LogP contribution in [-0.4, -0.2) is 47.7 Å². The second-order valence-corrected chi connectivity index (χ2v) is 10.7. The van der Waals surface area contributed by atoms with Gasteiger partial charge in [0.25, 0.3) is 5.91 Å². The van der Waals surface area contributed by atoms with E-state index in [9.17, 15) is 13.2 Å². The molecule has 1 fully saturated rings. The van der Waals surface area contributed by atoms with E-state index >= 15 is 0 Å². The summed E-state index contributed by atoms with van der Waals surface area (Å²) in [5, 5.41) is 11.0. The Morgan fingerprint density at radius 3 is 2.74 bits per heavy atom. The van der Waals surface area contributed by atoms with Crippen LogP contribution in [0.2, 0.25) is 5.02 Å². The first kappa shape index (κ1) is 20.5. The molecular weight excluding hydrogens is 428 g/mol. The molecule has 11 heteroatoms. The molecule has 27 heavy (non-hydrogen) atoms. The number of carbonyl (C=O) groups is 1. The summed E-state index contributed by atoms with van der Waals surface area (Å²) in [7, 11) is -3.73. The highest BCUT2D eigenvalue weighted by Gasteiger charge is 2.28. The number of nitrogens with zero attached hydrogens (tertiary/aromatic N) is 3. The van der Waals surface area contributed by atoms with E-state index in [0.717, 1.165) is 29.4 Å². The molecule has 0 unspecified atom stereocenters. The number of sulfonamides is 1. The first-order valence-electron chi connectivity index (χ1n) is 8.49. The molecule has 2 aromatic rings. The Bertz CT molecular complexity index is 927. The lowest BCUT2D eigenvalue weighted by atomic mass is 10.2. The molecule has 1 aliphatic rings. The van der Waals surface area contributed by atoms with E-state index in [1.807, 2.05) is 6.92 Å². The molecule has 1 aliphatic heterocycles. The Morgan fingerprint density at radius 1 is 1.30 bits per heavy atom. The maximum absolute atomic E-state index is 12.9. The topological polar surface area (TPSA) is 92.3 Å². The molecule has 1 amide bonds. The van der Waals surface area contributed by atoms with Gasteiger partial charge < -0.3 is 0 Å². The molecule has 146 valence electrons. The number of hydrogen-bond donors (Lipinski definition) is 1. The minimum atomic E-state index is -3.73. The van der Waals surface area contributed by atoms with Crippen molar-refractivity contribution >= 4 is 55.8 Å². The van der Waals surface area contributed by atoms with Crippen LogP contribution in [0.4, 0.5) is 5.13 Å². The Kier molecular flexibility index (Phi) is 6.74. The molecule has 1 saturated heterocycles. The van der Waals surface area contributed by atoms with Gasteiger partial charge in [-0.05, 0) is 36.8 Å². The fourth-order valence-electron chi connectivity index (χ4n) is 2.70. The predicted molar refractivity (Wildman–Crippen MR) is 108 cm³/mol. The summed E-state index contributed by atoms with van der Waals surface area (Å²) in [6, 6.07) is 4.26. The number of halogens is 1. The van der Waals surface area contributed by atoms with Gasteiger partial charge in [0.1, 0.15) is 4.90 Å². The highest BCUT2D eigenvalue weighted by molar-refractivity contribution is 8.01. The fraction of sp³-hybridized carbons (Fsp3) is 0.438. The number of benzene rings is 1. The number of carbonyl (C=O) groups excluding carboxylic acids is 1. The first-order valence-corrected chi connectivity index (χ1v) is 12.1. The number of nitrogens with one attached hydrogen (secondary N) is 1. The monoisotopic (exact) mass is 446 g/mol. The van der Waals surface area contributed by atoms with E-state index in [-0.39, 0.29) is 15.5 Å².